The molecule has 0 aliphatic heterocycles. The highest BCUT2D eigenvalue weighted by atomic mass is 15.1. The van der Waals surface area contributed by atoms with Gasteiger partial charge < -0.3 is 10.6 Å². The zero-order valence-electron chi connectivity index (χ0n) is 9.71. The van der Waals surface area contributed by atoms with E-state index in [0.717, 1.165) is 38.5 Å². The van der Waals surface area contributed by atoms with Gasteiger partial charge in [0, 0.05) is 37.9 Å². The molecule has 15 heavy (non-hydrogen) atoms. The van der Waals surface area contributed by atoms with Crippen LogP contribution in [0.5, 0.6) is 0 Å². The number of aromatic amines is 1. The van der Waals surface area contributed by atoms with Gasteiger partial charge in [0.1, 0.15) is 0 Å². The van der Waals surface area contributed by atoms with E-state index in [9.17, 15) is 0 Å². The van der Waals surface area contributed by atoms with Crippen LogP contribution in [0.1, 0.15) is 19.5 Å². The third-order valence-electron chi connectivity index (χ3n) is 2.16. The van der Waals surface area contributed by atoms with Gasteiger partial charge in [-0.1, -0.05) is 13.8 Å². The maximum absolute atomic E-state index is 3.90. The summed E-state index contributed by atoms with van der Waals surface area (Å²) in [6.07, 6.45) is 2.81. The second-order valence-electron chi connectivity index (χ2n) is 4.18. The fraction of sp³-hybridized carbons (Fsp3) is 0.727. The molecule has 1 heterocycles. The lowest BCUT2D eigenvalue weighted by atomic mass is 10.2. The molecule has 3 N–H and O–H groups in total. The van der Waals surface area contributed by atoms with Gasteiger partial charge in [-0.05, 0) is 18.5 Å². The number of rotatable bonds is 8. The first-order chi connectivity index (χ1) is 7.29. The van der Waals surface area contributed by atoms with Crippen molar-refractivity contribution in [3.05, 3.63) is 18.0 Å². The zero-order chi connectivity index (χ0) is 10.9. The highest BCUT2D eigenvalue weighted by Gasteiger charge is 1.94. The molecule has 4 heteroatoms. The average Bonchev–Trinajstić information content (AvgIpc) is 2.68. The van der Waals surface area contributed by atoms with E-state index in [1.807, 2.05) is 6.07 Å². The first-order valence-corrected chi connectivity index (χ1v) is 5.68. The summed E-state index contributed by atoms with van der Waals surface area (Å²) in [6.45, 7) is 8.62. The fourth-order valence-corrected chi connectivity index (χ4v) is 1.34. The maximum Gasteiger partial charge on any atom is 0.0490 e. The number of nitrogens with one attached hydrogen (secondary N) is 3. The Morgan fingerprint density at radius 3 is 2.73 bits per heavy atom. The predicted molar refractivity (Wildman–Crippen MR) is 62.9 cm³/mol. The number of hydrogen-bond donors (Lipinski definition) is 3. The summed E-state index contributed by atoms with van der Waals surface area (Å²) >= 11 is 0. The quantitative estimate of drug-likeness (QED) is 0.556. The van der Waals surface area contributed by atoms with Crippen LogP contribution >= 0.6 is 0 Å². The van der Waals surface area contributed by atoms with Crippen molar-refractivity contribution in [1.29, 1.82) is 0 Å². The van der Waals surface area contributed by atoms with Crippen molar-refractivity contribution in [2.75, 3.05) is 26.2 Å². The van der Waals surface area contributed by atoms with Crippen molar-refractivity contribution in [3.63, 3.8) is 0 Å². The van der Waals surface area contributed by atoms with E-state index in [2.05, 4.69) is 34.7 Å². The molecule has 0 aliphatic carbocycles. The van der Waals surface area contributed by atoms with E-state index in [-0.39, 0.29) is 0 Å². The number of nitrogens with zero attached hydrogens (tertiary/aromatic N) is 1. The van der Waals surface area contributed by atoms with Crippen LogP contribution in [0, 0.1) is 5.92 Å². The van der Waals surface area contributed by atoms with Crippen LogP contribution in [-0.2, 0) is 6.42 Å². The molecule has 4 nitrogen and oxygen atoms in total. The van der Waals surface area contributed by atoms with Crippen molar-refractivity contribution in [3.8, 4) is 0 Å². The van der Waals surface area contributed by atoms with Crippen LogP contribution in [-0.4, -0.2) is 36.4 Å². The Kier molecular flexibility index (Phi) is 6.04. The van der Waals surface area contributed by atoms with E-state index in [1.165, 1.54) is 5.69 Å². The topological polar surface area (TPSA) is 52.7 Å². The van der Waals surface area contributed by atoms with E-state index in [4.69, 9.17) is 0 Å². The van der Waals surface area contributed by atoms with Gasteiger partial charge in [0.2, 0.25) is 0 Å². The molecule has 0 unspecified atom stereocenters. The standard InChI is InChI=1S/C11H22N4/c1-10(2)9-13-8-7-12-5-3-11-4-6-14-15-11/h4,6,10,12-13H,3,5,7-9H2,1-2H3,(H,14,15). The van der Waals surface area contributed by atoms with Crippen molar-refractivity contribution >= 4 is 0 Å². The lowest BCUT2D eigenvalue weighted by Crippen LogP contribution is -2.30. The molecule has 0 saturated heterocycles. The molecule has 1 aromatic rings. The van der Waals surface area contributed by atoms with Crippen LogP contribution in [0.2, 0.25) is 0 Å². The molecule has 0 fully saturated rings. The minimum absolute atomic E-state index is 0.731. The van der Waals surface area contributed by atoms with Crippen LogP contribution in [0.3, 0.4) is 0 Å². The highest BCUT2D eigenvalue weighted by Crippen LogP contribution is 1.90. The third kappa shape index (κ3) is 6.25. The maximum atomic E-state index is 3.90. The summed E-state index contributed by atoms with van der Waals surface area (Å²) in [4.78, 5) is 0. The molecule has 0 radical (unpaired) electrons. The Balaban J connectivity index is 1.85. The molecule has 1 rings (SSSR count). The number of hydrogen-bond acceptors (Lipinski definition) is 3. The molecule has 0 saturated carbocycles. The Morgan fingerprint density at radius 2 is 2.07 bits per heavy atom. The summed E-state index contributed by atoms with van der Waals surface area (Å²) < 4.78 is 0. The monoisotopic (exact) mass is 210 g/mol. The van der Waals surface area contributed by atoms with Crippen molar-refractivity contribution in [2.45, 2.75) is 20.3 Å². The Bertz CT molecular complexity index is 231. The molecule has 86 valence electrons. The smallest absolute Gasteiger partial charge is 0.0490 e. The first kappa shape index (κ1) is 12.2. The summed E-state index contributed by atoms with van der Waals surface area (Å²) in [7, 11) is 0. The van der Waals surface area contributed by atoms with Crippen molar-refractivity contribution in [2.24, 2.45) is 5.92 Å². The zero-order valence-corrected chi connectivity index (χ0v) is 9.71. The molecule has 0 spiro atoms. The molecule has 0 amide bonds. The largest absolute Gasteiger partial charge is 0.315 e. The minimum Gasteiger partial charge on any atom is -0.315 e. The fourth-order valence-electron chi connectivity index (χ4n) is 1.34. The average molecular weight is 210 g/mol. The first-order valence-electron chi connectivity index (χ1n) is 5.68. The Morgan fingerprint density at radius 1 is 1.27 bits per heavy atom. The molecule has 1 aromatic heterocycles. The van der Waals surface area contributed by atoms with Crippen LogP contribution in [0.25, 0.3) is 0 Å². The van der Waals surface area contributed by atoms with Gasteiger partial charge in [0.05, 0.1) is 0 Å². The van der Waals surface area contributed by atoms with E-state index < -0.39 is 0 Å². The van der Waals surface area contributed by atoms with Crippen molar-refractivity contribution in [1.82, 2.24) is 20.8 Å². The van der Waals surface area contributed by atoms with Crippen LogP contribution in [0.15, 0.2) is 12.3 Å². The lowest BCUT2D eigenvalue weighted by Gasteiger charge is -2.07. The van der Waals surface area contributed by atoms with Gasteiger partial charge in [-0.15, -0.1) is 0 Å². The summed E-state index contributed by atoms with van der Waals surface area (Å²) in [6, 6.07) is 2.01. The Hall–Kier alpha value is -0.870. The highest BCUT2D eigenvalue weighted by molar-refractivity contribution is 4.97. The second kappa shape index (κ2) is 7.43. The van der Waals surface area contributed by atoms with Crippen LogP contribution < -0.4 is 10.6 Å². The predicted octanol–water partition coefficient (Wildman–Crippen LogP) is 0.787. The van der Waals surface area contributed by atoms with Gasteiger partial charge in [0.15, 0.2) is 0 Å². The van der Waals surface area contributed by atoms with Gasteiger partial charge in [-0.2, -0.15) is 5.10 Å². The van der Waals surface area contributed by atoms with Crippen LogP contribution in [0.4, 0.5) is 0 Å². The summed E-state index contributed by atoms with van der Waals surface area (Å²) in [5, 5.41) is 13.6. The molecule has 0 aromatic carbocycles. The van der Waals surface area contributed by atoms with Gasteiger partial charge in [0.25, 0.3) is 0 Å². The number of H-pyrrole nitrogens is 1. The van der Waals surface area contributed by atoms with E-state index >= 15 is 0 Å². The van der Waals surface area contributed by atoms with E-state index in [0.29, 0.717) is 0 Å². The Labute approximate surface area is 91.8 Å². The SMILES string of the molecule is CC(C)CNCCNCCc1ccn[nH]1. The molecule has 0 bridgehead atoms. The molecular formula is C11H22N4. The van der Waals surface area contributed by atoms with Gasteiger partial charge >= 0.3 is 0 Å². The van der Waals surface area contributed by atoms with Gasteiger partial charge in [-0.25, -0.2) is 0 Å². The molecule has 0 atom stereocenters. The summed E-state index contributed by atoms with van der Waals surface area (Å²) in [5.74, 6) is 0.731. The molecular weight excluding hydrogens is 188 g/mol. The number of aromatic nitrogens is 2. The third-order valence-corrected chi connectivity index (χ3v) is 2.16. The minimum atomic E-state index is 0.731. The summed E-state index contributed by atoms with van der Waals surface area (Å²) in [5.41, 5.74) is 1.19. The lowest BCUT2D eigenvalue weighted by molar-refractivity contribution is 0.535. The molecule has 0 aliphatic rings. The van der Waals surface area contributed by atoms with E-state index in [1.54, 1.807) is 6.20 Å². The normalized spacial score (nSPS) is 11.1. The second-order valence-corrected chi connectivity index (χ2v) is 4.18. The van der Waals surface area contributed by atoms with Gasteiger partial charge in [-0.3, -0.25) is 5.10 Å². The van der Waals surface area contributed by atoms with Crippen molar-refractivity contribution < 1.29 is 0 Å².